The molecule has 17 heavy (non-hydrogen) atoms. The number of benzene rings is 1. The number of hydrogen-bond donors (Lipinski definition) is 2. The summed E-state index contributed by atoms with van der Waals surface area (Å²) in [5, 5.41) is 11.3. The fourth-order valence-corrected chi connectivity index (χ4v) is 1.29. The molecule has 0 spiro atoms. The van der Waals surface area contributed by atoms with Gasteiger partial charge in [0.15, 0.2) is 0 Å². The molecule has 0 saturated carbocycles. The summed E-state index contributed by atoms with van der Waals surface area (Å²) in [5.41, 5.74) is 0.582. The van der Waals surface area contributed by atoms with Crippen molar-refractivity contribution in [2.24, 2.45) is 0 Å². The third-order valence-electron chi connectivity index (χ3n) is 1.95. The third kappa shape index (κ3) is 3.89. The summed E-state index contributed by atoms with van der Waals surface area (Å²) >= 11 is 0. The highest BCUT2D eigenvalue weighted by atomic mass is 19.1. The van der Waals surface area contributed by atoms with Crippen molar-refractivity contribution >= 4 is 5.91 Å². The van der Waals surface area contributed by atoms with E-state index in [2.05, 4.69) is 17.2 Å². The molecule has 1 amide bonds. The van der Waals surface area contributed by atoms with Gasteiger partial charge in [-0.05, 0) is 32.0 Å². The lowest BCUT2D eigenvalue weighted by Crippen LogP contribution is -2.30. The predicted molar refractivity (Wildman–Crippen MR) is 63.0 cm³/mol. The maximum atomic E-state index is 13.1. The average molecular weight is 235 g/mol. The molecule has 0 radical (unpaired) electrons. The molecular weight excluding hydrogens is 221 g/mol. The van der Waals surface area contributed by atoms with Crippen LogP contribution in [0, 0.1) is 17.7 Å². The summed E-state index contributed by atoms with van der Waals surface area (Å²) < 4.78 is 13.1. The van der Waals surface area contributed by atoms with E-state index < -0.39 is 5.82 Å². The van der Waals surface area contributed by atoms with Crippen molar-refractivity contribution < 1.29 is 14.3 Å². The Bertz CT molecular complexity index is 472. The Morgan fingerprint density at radius 2 is 2.24 bits per heavy atom. The maximum Gasteiger partial charge on any atom is 0.252 e. The van der Waals surface area contributed by atoms with Crippen molar-refractivity contribution in [1.82, 2.24) is 5.32 Å². The van der Waals surface area contributed by atoms with Crippen LogP contribution < -0.4 is 5.32 Å². The molecule has 1 rings (SSSR count). The van der Waals surface area contributed by atoms with Gasteiger partial charge in [0.25, 0.3) is 5.91 Å². The second-order valence-electron chi connectivity index (χ2n) is 3.78. The van der Waals surface area contributed by atoms with Gasteiger partial charge in [-0.1, -0.05) is 11.8 Å². The van der Waals surface area contributed by atoms with Crippen LogP contribution in [0.15, 0.2) is 18.2 Å². The fraction of sp³-hybridized carbons (Fsp3) is 0.308. The maximum absolute atomic E-state index is 13.1. The van der Waals surface area contributed by atoms with Crippen LogP contribution in [-0.4, -0.2) is 23.7 Å². The minimum Gasteiger partial charge on any atom is -0.384 e. The topological polar surface area (TPSA) is 49.3 Å². The van der Waals surface area contributed by atoms with E-state index in [9.17, 15) is 9.18 Å². The zero-order chi connectivity index (χ0) is 12.8. The molecule has 0 unspecified atom stereocenters. The largest absolute Gasteiger partial charge is 0.384 e. The molecule has 4 heteroatoms. The Labute approximate surface area is 99.7 Å². The molecular formula is C13H14FNO2. The summed E-state index contributed by atoms with van der Waals surface area (Å²) in [5.74, 6) is 4.19. The van der Waals surface area contributed by atoms with E-state index in [-0.39, 0.29) is 24.1 Å². The number of hydrogen-bond acceptors (Lipinski definition) is 2. The van der Waals surface area contributed by atoms with Crippen molar-refractivity contribution in [3.8, 4) is 11.8 Å². The first-order valence-corrected chi connectivity index (χ1v) is 5.24. The molecule has 0 aliphatic carbocycles. The van der Waals surface area contributed by atoms with Crippen LogP contribution in [-0.2, 0) is 0 Å². The summed E-state index contributed by atoms with van der Waals surface area (Å²) in [6.07, 6.45) is 0. The first-order chi connectivity index (χ1) is 8.04. The molecule has 0 aliphatic heterocycles. The van der Waals surface area contributed by atoms with Crippen molar-refractivity contribution in [1.29, 1.82) is 0 Å². The molecule has 3 nitrogen and oxygen atoms in total. The molecule has 0 aliphatic rings. The SMILES string of the molecule is CC(C)NC(=O)c1cc(F)ccc1C#CCO. The number of halogens is 1. The molecule has 90 valence electrons. The standard InChI is InChI=1S/C13H14FNO2/c1-9(2)15-13(17)12-8-11(14)6-5-10(12)4-3-7-16/h5-6,8-9,16H,7H2,1-2H3,(H,15,17). The Hall–Kier alpha value is -1.86. The lowest BCUT2D eigenvalue weighted by Gasteiger charge is -2.09. The predicted octanol–water partition coefficient (Wildman–Crippen LogP) is 1.31. The van der Waals surface area contributed by atoms with E-state index >= 15 is 0 Å². The van der Waals surface area contributed by atoms with E-state index in [1.807, 2.05) is 13.8 Å². The van der Waals surface area contributed by atoms with Crippen LogP contribution in [0.5, 0.6) is 0 Å². The number of aliphatic hydroxyl groups excluding tert-OH is 1. The van der Waals surface area contributed by atoms with Gasteiger partial charge in [0.05, 0.1) is 5.56 Å². The number of carbonyl (C=O) groups is 1. The quantitative estimate of drug-likeness (QED) is 0.759. The number of aliphatic hydroxyl groups is 1. The number of nitrogens with one attached hydrogen (secondary N) is 1. The van der Waals surface area contributed by atoms with Crippen LogP contribution in [0.2, 0.25) is 0 Å². The van der Waals surface area contributed by atoms with Crippen LogP contribution >= 0.6 is 0 Å². The van der Waals surface area contributed by atoms with Crippen LogP contribution in [0.1, 0.15) is 29.8 Å². The minimum absolute atomic E-state index is 0.0376. The van der Waals surface area contributed by atoms with Crippen molar-refractivity contribution in [3.63, 3.8) is 0 Å². The van der Waals surface area contributed by atoms with Gasteiger partial charge in [0.2, 0.25) is 0 Å². The fourth-order valence-electron chi connectivity index (χ4n) is 1.29. The highest BCUT2D eigenvalue weighted by Crippen LogP contribution is 2.10. The summed E-state index contributed by atoms with van der Waals surface area (Å²) in [4.78, 5) is 11.8. The highest BCUT2D eigenvalue weighted by Gasteiger charge is 2.12. The highest BCUT2D eigenvalue weighted by molar-refractivity contribution is 5.96. The molecule has 0 bridgehead atoms. The van der Waals surface area contributed by atoms with Crippen molar-refractivity contribution in [2.75, 3.05) is 6.61 Å². The second-order valence-corrected chi connectivity index (χ2v) is 3.78. The molecule has 1 aromatic rings. The molecule has 0 aromatic heterocycles. The van der Waals surface area contributed by atoms with Gasteiger partial charge in [-0.3, -0.25) is 4.79 Å². The normalized spacial score (nSPS) is 9.71. The van der Waals surface area contributed by atoms with E-state index in [1.54, 1.807) is 0 Å². The summed E-state index contributed by atoms with van der Waals surface area (Å²) in [6, 6.07) is 3.75. The molecule has 2 N–H and O–H groups in total. The third-order valence-corrected chi connectivity index (χ3v) is 1.95. The Kier molecular flexibility index (Phi) is 4.68. The number of amides is 1. The first-order valence-electron chi connectivity index (χ1n) is 5.24. The lowest BCUT2D eigenvalue weighted by atomic mass is 10.1. The van der Waals surface area contributed by atoms with Gasteiger partial charge in [0, 0.05) is 11.6 Å². The number of carbonyl (C=O) groups excluding carboxylic acids is 1. The molecule has 0 heterocycles. The van der Waals surface area contributed by atoms with Crippen LogP contribution in [0.25, 0.3) is 0 Å². The second kappa shape index (κ2) is 6.02. The van der Waals surface area contributed by atoms with Gasteiger partial charge in [0.1, 0.15) is 12.4 Å². The Morgan fingerprint density at radius 1 is 1.53 bits per heavy atom. The Morgan fingerprint density at radius 3 is 2.82 bits per heavy atom. The van der Waals surface area contributed by atoms with E-state index in [1.165, 1.54) is 12.1 Å². The van der Waals surface area contributed by atoms with E-state index in [0.29, 0.717) is 5.56 Å². The Balaban J connectivity index is 3.10. The average Bonchev–Trinajstić information content (AvgIpc) is 2.26. The van der Waals surface area contributed by atoms with Gasteiger partial charge in [-0.25, -0.2) is 4.39 Å². The smallest absolute Gasteiger partial charge is 0.252 e. The first kappa shape index (κ1) is 13.2. The van der Waals surface area contributed by atoms with Gasteiger partial charge in [-0.15, -0.1) is 0 Å². The molecule has 0 atom stereocenters. The van der Waals surface area contributed by atoms with Crippen molar-refractivity contribution in [3.05, 3.63) is 35.1 Å². The minimum atomic E-state index is -0.492. The lowest BCUT2D eigenvalue weighted by molar-refractivity contribution is 0.0942. The molecule has 0 saturated heterocycles. The van der Waals surface area contributed by atoms with Gasteiger partial charge < -0.3 is 10.4 Å². The van der Waals surface area contributed by atoms with Crippen LogP contribution in [0.3, 0.4) is 0 Å². The van der Waals surface area contributed by atoms with Gasteiger partial charge in [-0.2, -0.15) is 0 Å². The zero-order valence-electron chi connectivity index (χ0n) is 9.75. The van der Waals surface area contributed by atoms with E-state index in [0.717, 1.165) is 6.07 Å². The summed E-state index contributed by atoms with van der Waals surface area (Å²) in [7, 11) is 0. The molecule has 1 aromatic carbocycles. The monoisotopic (exact) mass is 235 g/mol. The van der Waals surface area contributed by atoms with Gasteiger partial charge >= 0.3 is 0 Å². The summed E-state index contributed by atoms with van der Waals surface area (Å²) in [6.45, 7) is 3.33. The van der Waals surface area contributed by atoms with Crippen molar-refractivity contribution in [2.45, 2.75) is 19.9 Å². The zero-order valence-corrected chi connectivity index (χ0v) is 9.75. The van der Waals surface area contributed by atoms with E-state index in [4.69, 9.17) is 5.11 Å². The van der Waals surface area contributed by atoms with Crippen LogP contribution in [0.4, 0.5) is 4.39 Å². The number of rotatable bonds is 2. The molecule has 0 fully saturated rings.